The number of allylic oxidation sites excluding steroid dienone is 1. The molecule has 1 heterocycles. The number of nitrogens with zero attached hydrogens (tertiary/aromatic N) is 2. The van der Waals surface area contributed by atoms with E-state index in [9.17, 15) is 13.2 Å². The predicted octanol–water partition coefficient (Wildman–Crippen LogP) is 3.22. The molecule has 0 radical (unpaired) electrons. The molecule has 2 aromatic rings. The van der Waals surface area contributed by atoms with E-state index in [1.165, 1.54) is 37.6 Å². The topological polar surface area (TPSA) is 112 Å². The Morgan fingerprint density at radius 2 is 1.86 bits per heavy atom. The van der Waals surface area contributed by atoms with Crippen LogP contribution in [0.1, 0.15) is 29.8 Å². The van der Waals surface area contributed by atoms with E-state index in [2.05, 4.69) is 14.7 Å². The van der Waals surface area contributed by atoms with Gasteiger partial charge in [-0.2, -0.15) is 0 Å². The van der Waals surface area contributed by atoms with E-state index in [4.69, 9.17) is 5.73 Å². The third kappa shape index (κ3) is 6.62. The molecule has 0 spiro atoms. The highest BCUT2D eigenvalue weighted by Gasteiger charge is 2.19. The van der Waals surface area contributed by atoms with Crippen LogP contribution in [0.5, 0.6) is 0 Å². The maximum Gasteiger partial charge on any atom is 0.337 e. The summed E-state index contributed by atoms with van der Waals surface area (Å²) >= 11 is 0. The zero-order chi connectivity index (χ0) is 21.2. The van der Waals surface area contributed by atoms with Gasteiger partial charge in [-0.1, -0.05) is 13.8 Å². The average Bonchev–Trinajstić information content (AvgIpc) is 2.69. The predicted molar refractivity (Wildman–Crippen MR) is 111 cm³/mol. The summed E-state index contributed by atoms with van der Waals surface area (Å²) in [6, 6.07) is 7.70. The van der Waals surface area contributed by atoms with Crippen LogP contribution in [-0.4, -0.2) is 38.4 Å². The molecule has 0 aliphatic rings. The van der Waals surface area contributed by atoms with E-state index in [1.807, 2.05) is 13.8 Å². The third-order valence-corrected chi connectivity index (χ3v) is 5.30. The van der Waals surface area contributed by atoms with Crippen LogP contribution in [-0.2, 0) is 14.6 Å². The first kappa shape index (κ1) is 23.0. The lowest BCUT2D eigenvalue weighted by atomic mass is 10.1. The maximum absolute atomic E-state index is 12.6. The van der Waals surface area contributed by atoms with Crippen molar-refractivity contribution < 1.29 is 17.9 Å². The Kier molecular flexibility index (Phi) is 9.04. The number of esters is 1. The fourth-order valence-corrected chi connectivity index (χ4v) is 3.75. The largest absolute Gasteiger partial charge is 0.465 e. The summed E-state index contributed by atoms with van der Waals surface area (Å²) in [5.74, 6) is -0.878. The molecule has 0 aliphatic carbocycles. The van der Waals surface area contributed by atoms with Crippen molar-refractivity contribution in [3.63, 3.8) is 0 Å². The number of aromatic nitrogens is 1. The van der Waals surface area contributed by atoms with Crippen molar-refractivity contribution in [1.82, 2.24) is 4.98 Å². The van der Waals surface area contributed by atoms with Gasteiger partial charge in [-0.15, -0.1) is 0 Å². The van der Waals surface area contributed by atoms with Crippen molar-refractivity contribution in [3.8, 4) is 0 Å². The third-order valence-electron chi connectivity index (χ3n) is 3.46. The Morgan fingerprint density at radius 3 is 2.43 bits per heavy atom. The molecule has 0 fully saturated rings. The van der Waals surface area contributed by atoms with Gasteiger partial charge < -0.3 is 10.5 Å². The normalized spacial score (nSPS) is 11.6. The second kappa shape index (κ2) is 11.0. The van der Waals surface area contributed by atoms with E-state index in [1.54, 1.807) is 31.5 Å². The molecule has 0 amide bonds. The number of sulfone groups is 1. The highest BCUT2D eigenvalue weighted by molar-refractivity contribution is 7.91. The van der Waals surface area contributed by atoms with E-state index >= 15 is 0 Å². The smallest absolute Gasteiger partial charge is 0.337 e. The molecule has 2 rings (SSSR count). The van der Waals surface area contributed by atoms with E-state index < -0.39 is 15.8 Å². The molecule has 0 atom stereocenters. The maximum atomic E-state index is 12.6. The van der Waals surface area contributed by atoms with Crippen molar-refractivity contribution in [1.29, 1.82) is 0 Å². The Labute approximate surface area is 165 Å². The molecule has 7 nitrogen and oxygen atoms in total. The number of pyridine rings is 1. The highest BCUT2D eigenvalue weighted by atomic mass is 32.2. The molecule has 28 heavy (non-hydrogen) atoms. The quantitative estimate of drug-likeness (QED) is 0.585. The molecule has 2 N–H and O–H groups in total. The van der Waals surface area contributed by atoms with Crippen LogP contribution in [0.25, 0.3) is 0 Å². The first-order chi connectivity index (χ1) is 13.3. The fraction of sp³-hybridized carbons (Fsp3) is 0.250. The fourth-order valence-electron chi connectivity index (χ4n) is 2.24. The van der Waals surface area contributed by atoms with Gasteiger partial charge in [0.1, 0.15) is 0 Å². The van der Waals surface area contributed by atoms with Crippen LogP contribution in [0, 0.1) is 6.92 Å². The lowest BCUT2D eigenvalue weighted by molar-refractivity contribution is 0.0600. The molecule has 0 aliphatic heterocycles. The number of carbonyl (C=O) groups is 1. The van der Waals surface area contributed by atoms with Gasteiger partial charge in [-0.25, -0.2) is 13.2 Å². The number of rotatable bonds is 6. The number of hydrogen-bond acceptors (Lipinski definition) is 7. The van der Waals surface area contributed by atoms with Crippen molar-refractivity contribution >= 4 is 27.7 Å². The molecule has 150 valence electrons. The highest BCUT2D eigenvalue weighted by Crippen LogP contribution is 2.19. The number of methoxy groups -OCH3 is 1. The van der Waals surface area contributed by atoms with Crippen LogP contribution < -0.4 is 5.73 Å². The van der Waals surface area contributed by atoms with Gasteiger partial charge in [0.2, 0.25) is 0 Å². The summed E-state index contributed by atoms with van der Waals surface area (Å²) in [4.78, 5) is 19.7. The lowest BCUT2D eigenvalue weighted by Gasteiger charge is -2.09. The van der Waals surface area contributed by atoms with E-state index in [0.717, 1.165) is 0 Å². The zero-order valence-electron chi connectivity index (χ0n) is 16.4. The van der Waals surface area contributed by atoms with Crippen molar-refractivity contribution in [2.75, 3.05) is 12.9 Å². The SMILES string of the molecule is CC.COC(=O)c1ccc(S(=O)(=O)C/C(N)=C/C=Nc2ccncc2)c(C)c1. The van der Waals surface area contributed by atoms with Crippen LogP contribution in [0.15, 0.2) is 64.4 Å². The van der Waals surface area contributed by atoms with Gasteiger partial charge in [-0.3, -0.25) is 9.98 Å². The Bertz CT molecular complexity index is 953. The zero-order valence-corrected chi connectivity index (χ0v) is 17.2. The van der Waals surface area contributed by atoms with E-state index in [0.29, 0.717) is 11.3 Å². The second-order valence-corrected chi connectivity index (χ2v) is 7.41. The van der Waals surface area contributed by atoms with Gasteiger partial charge >= 0.3 is 5.97 Å². The molecule has 0 bridgehead atoms. The Hall–Kier alpha value is -3.00. The molecule has 0 saturated heterocycles. The van der Waals surface area contributed by atoms with Gasteiger partial charge in [0.25, 0.3) is 0 Å². The Morgan fingerprint density at radius 1 is 1.21 bits per heavy atom. The van der Waals surface area contributed by atoms with Crippen molar-refractivity contribution in [2.45, 2.75) is 25.7 Å². The summed E-state index contributed by atoms with van der Waals surface area (Å²) in [5, 5.41) is 0. The molecule has 1 aromatic carbocycles. The molecular weight excluding hydrogens is 378 g/mol. The van der Waals surface area contributed by atoms with Crippen LogP contribution in [0.4, 0.5) is 5.69 Å². The number of aliphatic imine (C=N–C) groups is 1. The minimum absolute atomic E-state index is 0.118. The summed E-state index contributed by atoms with van der Waals surface area (Å²) in [6.45, 7) is 5.62. The number of nitrogens with two attached hydrogens (primary N) is 1. The summed E-state index contributed by atoms with van der Waals surface area (Å²) in [6.07, 6.45) is 6.08. The van der Waals surface area contributed by atoms with Crippen LogP contribution in [0.3, 0.4) is 0 Å². The van der Waals surface area contributed by atoms with Gasteiger partial charge in [0.05, 0.1) is 29.0 Å². The molecule has 0 saturated carbocycles. The first-order valence-corrected chi connectivity index (χ1v) is 10.3. The van der Waals surface area contributed by atoms with Gasteiger partial charge in [-0.05, 0) is 48.9 Å². The monoisotopic (exact) mass is 403 g/mol. The van der Waals surface area contributed by atoms with Crippen molar-refractivity contribution in [2.24, 2.45) is 10.7 Å². The average molecular weight is 404 g/mol. The second-order valence-electron chi connectivity index (χ2n) is 5.46. The standard InChI is InChI=1S/C18H19N3O4S.C2H6/c1-13-11-14(18(22)25-2)3-4-17(13)26(23,24)12-15(19)5-10-21-16-6-8-20-9-7-16;1-2/h3-11H,12,19H2,1-2H3;1-2H3/b15-5-,21-10?;. The summed E-state index contributed by atoms with van der Waals surface area (Å²) in [5.41, 5.74) is 7.39. The molecule has 1 aromatic heterocycles. The number of hydrogen-bond donors (Lipinski definition) is 1. The van der Waals surface area contributed by atoms with E-state index in [-0.39, 0.29) is 21.9 Å². The van der Waals surface area contributed by atoms with Gasteiger partial charge in [0.15, 0.2) is 9.84 Å². The number of aryl methyl sites for hydroxylation is 1. The molecule has 8 heteroatoms. The van der Waals surface area contributed by atoms with Crippen LogP contribution in [0.2, 0.25) is 0 Å². The molecule has 0 unspecified atom stereocenters. The van der Waals surface area contributed by atoms with Crippen molar-refractivity contribution in [3.05, 3.63) is 65.6 Å². The minimum Gasteiger partial charge on any atom is -0.465 e. The number of carbonyl (C=O) groups excluding carboxylic acids is 1. The summed E-state index contributed by atoms with van der Waals surface area (Å²) in [7, 11) is -2.39. The Balaban J connectivity index is 0.00000190. The van der Waals surface area contributed by atoms with Gasteiger partial charge in [0, 0.05) is 24.3 Å². The first-order valence-electron chi connectivity index (χ1n) is 8.64. The van der Waals surface area contributed by atoms with Crippen LogP contribution >= 0.6 is 0 Å². The minimum atomic E-state index is -3.65. The summed E-state index contributed by atoms with van der Waals surface area (Å²) < 4.78 is 29.7. The lowest BCUT2D eigenvalue weighted by Crippen LogP contribution is -2.16. The number of ether oxygens (including phenoxy) is 1. The molecular formula is C20H25N3O4S. The number of benzene rings is 1.